The fourth-order valence-corrected chi connectivity index (χ4v) is 2.70. The number of halogens is 2. The summed E-state index contributed by atoms with van der Waals surface area (Å²) in [5.41, 5.74) is 0.122. The molecule has 9 heteroatoms. The van der Waals surface area contributed by atoms with E-state index in [1.807, 2.05) is 0 Å². The number of nitrogens with one attached hydrogen (secondary N) is 3. The average Bonchev–Trinajstić information content (AvgIpc) is 3.26. The molecule has 30 heavy (non-hydrogen) atoms. The molecule has 3 N–H and O–H groups in total. The van der Waals surface area contributed by atoms with Gasteiger partial charge >= 0.3 is 0 Å². The van der Waals surface area contributed by atoms with Crippen molar-refractivity contribution in [2.24, 2.45) is 0 Å². The maximum absolute atomic E-state index is 14.3. The number of rotatable bonds is 6. The van der Waals surface area contributed by atoms with Crippen LogP contribution in [-0.4, -0.2) is 24.3 Å². The first-order valence-electron chi connectivity index (χ1n) is 8.81. The molecule has 0 aliphatic heterocycles. The first-order valence-corrected chi connectivity index (χ1v) is 9.19. The summed E-state index contributed by atoms with van der Waals surface area (Å²) in [6.07, 6.45) is 1.37. The lowest BCUT2D eigenvalue weighted by atomic mass is 10.1. The van der Waals surface area contributed by atoms with Crippen LogP contribution in [-0.2, 0) is 4.74 Å². The molecule has 0 atom stereocenters. The van der Waals surface area contributed by atoms with E-state index in [9.17, 15) is 9.18 Å². The van der Waals surface area contributed by atoms with Crippen LogP contribution in [0.1, 0.15) is 28.6 Å². The number of furan rings is 1. The van der Waals surface area contributed by atoms with Gasteiger partial charge in [-0.05, 0) is 55.5 Å². The number of ether oxygens (including phenoxy) is 2. The number of hydrogen-bond donors (Lipinski definition) is 3. The van der Waals surface area contributed by atoms with Crippen LogP contribution in [0.4, 0.5) is 10.1 Å². The normalized spacial score (nSPS) is 10.4. The third-order valence-corrected chi connectivity index (χ3v) is 4.15. The van der Waals surface area contributed by atoms with Gasteiger partial charge in [0.25, 0.3) is 11.8 Å². The van der Waals surface area contributed by atoms with Crippen molar-refractivity contribution in [3.05, 3.63) is 82.5 Å². The highest BCUT2D eigenvalue weighted by atomic mass is 35.5. The molecule has 0 saturated heterocycles. The molecule has 0 aliphatic carbocycles. The van der Waals surface area contributed by atoms with Crippen molar-refractivity contribution in [3.8, 4) is 5.75 Å². The number of amides is 1. The summed E-state index contributed by atoms with van der Waals surface area (Å²) in [5.74, 6) is -1.68. The molecule has 0 saturated carbocycles. The number of carbonyl (C=O) groups is 1. The monoisotopic (exact) mass is 429 g/mol. The minimum Gasteiger partial charge on any atom is -0.493 e. The van der Waals surface area contributed by atoms with E-state index in [0.717, 1.165) is 6.07 Å². The Labute approximate surface area is 176 Å². The van der Waals surface area contributed by atoms with E-state index in [1.165, 1.54) is 30.5 Å². The van der Waals surface area contributed by atoms with Gasteiger partial charge in [-0.25, -0.2) is 4.39 Å². The maximum atomic E-state index is 14.3. The minimum absolute atomic E-state index is 0.139. The molecule has 1 aromatic heterocycles. The molecule has 0 radical (unpaired) electrons. The van der Waals surface area contributed by atoms with Gasteiger partial charge in [0.1, 0.15) is 11.6 Å². The molecule has 7 nitrogen and oxygen atoms in total. The van der Waals surface area contributed by atoms with Crippen LogP contribution in [0, 0.1) is 16.6 Å². The second-order valence-corrected chi connectivity index (χ2v) is 6.40. The standard InChI is InChI=1S/C21H17ClFN3O4/c1-2-28-17-8-6-13(22)11-14(17)21(27)26-16-10-12(5-7-15(16)23)19(24)30-20(25)18-4-3-9-29-18/h3-11,24-25H,2H2,1H3,(H,26,27). The number of carbonyl (C=O) groups excluding carboxylic acids is 1. The van der Waals surface area contributed by atoms with Crippen molar-refractivity contribution in [2.75, 3.05) is 11.9 Å². The number of benzene rings is 2. The quantitative estimate of drug-likeness (QED) is 0.374. The van der Waals surface area contributed by atoms with Crippen molar-refractivity contribution in [1.82, 2.24) is 0 Å². The van der Waals surface area contributed by atoms with Crippen LogP contribution in [0.3, 0.4) is 0 Å². The first kappa shape index (κ1) is 21.1. The summed E-state index contributed by atoms with van der Waals surface area (Å²) in [4.78, 5) is 12.7. The lowest BCUT2D eigenvalue weighted by Gasteiger charge is -2.13. The van der Waals surface area contributed by atoms with Gasteiger partial charge < -0.3 is 19.2 Å². The zero-order valence-corrected chi connectivity index (χ0v) is 16.5. The summed E-state index contributed by atoms with van der Waals surface area (Å²) in [7, 11) is 0. The van der Waals surface area contributed by atoms with Gasteiger partial charge in [0, 0.05) is 10.6 Å². The SMILES string of the molecule is CCOc1ccc(Cl)cc1C(=O)Nc1cc(C(=N)OC(=N)c2ccco2)ccc1F. The molecule has 0 bridgehead atoms. The fraction of sp³-hybridized carbons (Fsp3) is 0.0952. The van der Waals surface area contributed by atoms with Gasteiger partial charge in [0.2, 0.25) is 5.90 Å². The third kappa shape index (κ3) is 4.84. The second kappa shape index (κ2) is 9.23. The summed E-state index contributed by atoms with van der Waals surface area (Å²) >= 11 is 5.97. The molecular weight excluding hydrogens is 413 g/mol. The first-order chi connectivity index (χ1) is 14.4. The average molecular weight is 430 g/mol. The summed E-state index contributed by atoms with van der Waals surface area (Å²) in [5, 5.41) is 18.6. The van der Waals surface area contributed by atoms with Crippen LogP contribution < -0.4 is 10.1 Å². The van der Waals surface area contributed by atoms with Crippen LogP contribution >= 0.6 is 11.6 Å². The zero-order chi connectivity index (χ0) is 21.7. The molecule has 0 spiro atoms. The Kier molecular flexibility index (Phi) is 6.48. The molecule has 0 aliphatic rings. The van der Waals surface area contributed by atoms with Crippen molar-refractivity contribution in [3.63, 3.8) is 0 Å². The molecular formula is C21H17ClFN3O4. The zero-order valence-electron chi connectivity index (χ0n) is 15.8. The lowest BCUT2D eigenvalue weighted by Crippen LogP contribution is -2.16. The number of hydrogen-bond acceptors (Lipinski definition) is 6. The van der Waals surface area contributed by atoms with Gasteiger partial charge in [-0.1, -0.05) is 11.6 Å². The molecule has 3 rings (SSSR count). The minimum atomic E-state index is -0.707. The van der Waals surface area contributed by atoms with Crippen LogP contribution in [0.2, 0.25) is 5.02 Å². The highest BCUT2D eigenvalue weighted by molar-refractivity contribution is 6.31. The fourth-order valence-electron chi connectivity index (χ4n) is 2.53. The van der Waals surface area contributed by atoms with Gasteiger partial charge in [-0.15, -0.1) is 0 Å². The smallest absolute Gasteiger partial charge is 0.259 e. The highest BCUT2D eigenvalue weighted by Crippen LogP contribution is 2.25. The highest BCUT2D eigenvalue weighted by Gasteiger charge is 2.17. The molecule has 0 unspecified atom stereocenters. The molecule has 1 amide bonds. The predicted octanol–water partition coefficient (Wildman–Crippen LogP) is 5.09. The Morgan fingerprint density at radius 3 is 2.67 bits per heavy atom. The van der Waals surface area contributed by atoms with E-state index in [4.69, 9.17) is 36.3 Å². The van der Waals surface area contributed by atoms with E-state index in [-0.39, 0.29) is 28.5 Å². The molecule has 1 heterocycles. The van der Waals surface area contributed by atoms with Crippen molar-refractivity contribution >= 4 is 35.0 Å². The topological polar surface area (TPSA) is 108 Å². The van der Waals surface area contributed by atoms with Crippen molar-refractivity contribution in [2.45, 2.75) is 6.92 Å². The Balaban J connectivity index is 1.80. The second-order valence-electron chi connectivity index (χ2n) is 5.96. The van der Waals surface area contributed by atoms with E-state index in [0.29, 0.717) is 17.4 Å². The van der Waals surface area contributed by atoms with Crippen LogP contribution in [0.25, 0.3) is 0 Å². The van der Waals surface area contributed by atoms with Gasteiger partial charge in [0.15, 0.2) is 5.76 Å². The maximum Gasteiger partial charge on any atom is 0.259 e. The molecule has 2 aromatic carbocycles. The Bertz CT molecular complexity index is 1100. The number of anilines is 1. The van der Waals surface area contributed by atoms with Gasteiger partial charge in [-0.2, -0.15) is 0 Å². The van der Waals surface area contributed by atoms with Gasteiger partial charge in [-0.3, -0.25) is 15.6 Å². The van der Waals surface area contributed by atoms with Crippen LogP contribution in [0.15, 0.2) is 59.2 Å². The van der Waals surface area contributed by atoms with Crippen molar-refractivity contribution in [1.29, 1.82) is 10.8 Å². The Morgan fingerprint density at radius 1 is 1.17 bits per heavy atom. The van der Waals surface area contributed by atoms with E-state index >= 15 is 0 Å². The summed E-state index contributed by atoms with van der Waals surface area (Å²) in [6.45, 7) is 2.10. The molecule has 3 aromatic rings. The summed E-state index contributed by atoms with van der Waals surface area (Å²) < 4.78 is 29.9. The molecule has 0 fully saturated rings. The third-order valence-electron chi connectivity index (χ3n) is 3.91. The Hall–Kier alpha value is -3.65. The van der Waals surface area contributed by atoms with Crippen LogP contribution in [0.5, 0.6) is 5.75 Å². The largest absolute Gasteiger partial charge is 0.493 e. The summed E-state index contributed by atoms with van der Waals surface area (Å²) in [6, 6.07) is 11.2. The molecule has 154 valence electrons. The van der Waals surface area contributed by atoms with E-state index in [1.54, 1.807) is 25.1 Å². The van der Waals surface area contributed by atoms with E-state index in [2.05, 4.69) is 5.32 Å². The predicted molar refractivity (Wildman–Crippen MR) is 110 cm³/mol. The van der Waals surface area contributed by atoms with Crippen molar-refractivity contribution < 1.29 is 23.1 Å². The van der Waals surface area contributed by atoms with E-state index < -0.39 is 17.6 Å². The van der Waals surface area contributed by atoms with Gasteiger partial charge in [0.05, 0.1) is 24.1 Å². The Morgan fingerprint density at radius 2 is 1.97 bits per heavy atom. The lowest BCUT2D eigenvalue weighted by molar-refractivity contribution is 0.102.